The van der Waals surface area contributed by atoms with Crippen molar-refractivity contribution in [3.05, 3.63) is 18.2 Å². The second kappa shape index (κ2) is 9.00. The van der Waals surface area contributed by atoms with Crippen LogP contribution in [0, 0.1) is 0 Å². The van der Waals surface area contributed by atoms with Crippen LogP contribution in [0.1, 0.15) is 27.7 Å². The summed E-state index contributed by atoms with van der Waals surface area (Å²) in [5.41, 5.74) is 0.515. The van der Waals surface area contributed by atoms with Crippen LogP contribution in [0.15, 0.2) is 23.2 Å². The average molecular weight is 336 g/mol. The predicted octanol–water partition coefficient (Wildman–Crippen LogP) is 2.00. The topological polar surface area (TPSA) is 84.0 Å². The maximum Gasteiger partial charge on any atom is 0.239 e. The molecule has 7 nitrogen and oxygen atoms in total. The van der Waals surface area contributed by atoms with Gasteiger partial charge in [-0.05, 0) is 39.8 Å². The summed E-state index contributed by atoms with van der Waals surface area (Å²) in [7, 11) is 3.24. The van der Waals surface area contributed by atoms with Gasteiger partial charge in [0.15, 0.2) is 17.5 Å². The summed E-state index contributed by atoms with van der Waals surface area (Å²) in [6.45, 7) is 8.39. The van der Waals surface area contributed by atoms with Crippen LogP contribution in [0.3, 0.4) is 0 Å². The first-order valence-electron chi connectivity index (χ1n) is 7.88. The highest BCUT2D eigenvalue weighted by Crippen LogP contribution is 2.30. The van der Waals surface area contributed by atoms with E-state index < -0.39 is 0 Å². The number of nitrogens with zero attached hydrogens (tertiary/aromatic N) is 1. The van der Waals surface area contributed by atoms with Crippen LogP contribution in [0.5, 0.6) is 11.5 Å². The first-order valence-corrected chi connectivity index (χ1v) is 7.88. The van der Waals surface area contributed by atoms with Gasteiger partial charge in [0.2, 0.25) is 5.91 Å². The normalized spacial score (nSPS) is 11.7. The molecule has 0 radical (unpaired) electrons. The van der Waals surface area contributed by atoms with Crippen LogP contribution in [-0.4, -0.2) is 44.7 Å². The van der Waals surface area contributed by atoms with Crippen LogP contribution >= 0.6 is 0 Å². The van der Waals surface area contributed by atoms with Gasteiger partial charge >= 0.3 is 0 Å². The number of aliphatic imine (C=N–C) groups is 1. The Morgan fingerprint density at radius 2 is 1.96 bits per heavy atom. The molecule has 0 fully saturated rings. The Hall–Kier alpha value is -2.44. The first kappa shape index (κ1) is 19.6. The van der Waals surface area contributed by atoms with Crippen molar-refractivity contribution in [3.63, 3.8) is 0 Å². The first-order chi connectivity index (χ1) is 11.3. The van der Waals surface area contributed by atoms with Crippen LogP contribution in [0.25, 0.3) is 0 Å². The van der Waals surface area contributed by atoms with Gasteiger partial charge in [-0.3, -0.25) is 9.79 Å². The Morgan fingerprint density at radius 1 is 1.25 bits per heavy atom. The molecule has 0 atom stereocenters. The van der Waals surface area contributed by atoms with Gasteiger partial charge in [-0.25, -0.2) is 0 Å². The monoisotopic (exact) mass is 336 g/mol. The van der Waals surface area contributed by atoms with E-state index in [0.29, 0.717) is 24.1 Å². The van der Waals surface area contributed by atoms with Gasteiger partial charge in [0.05, 0.1) is 20.3 Å². The standard InChI is InChI=1S/C17H28N4O3/c1-7-24-14-10-12(8-9-13(14)23-6)20-16(18-5)19-11-15(22)21-17(2,3)4/h8-10H,7,11H2,1-6H3,(H,21,22)(H2,18,19,20). The maximum absolute atomic E-state index is 11.9. The van der Waals surface area contributed by atoms with Gasteiger partial charge in [-0.1, -0.05) is 0 Å². The molecule has 0 aliphatic rings. The molecule has 24 heavy (non-hydrogen) atoms. The minimum Gasteiger partial charge on any atom is -0.493 e. The molecule has 0 saturated carbocycles. The number of benzene rings is 1. The summed E-state index contributed by atoms with van der Waals surface area (Å²) >= 11 is 0. The number of guanidine groups is 1. The fourth-order valence-electron chi connectivity index (χ4n) is 1.97. The minimum atomic E-state index is -0.266. The molecule has 0 spiro atoms. The average Bonchev–Trinajstić information content (AvgIpc) is 2.50. The van der Waals surface area contributed by atoms with Crippen LogP contribution in [0.4, 0.5) is 5.69 Å². The molecule has 0 saturated heterocycles. The summed E-state index contributed by atoms with van der Waals surface area (Å²) in [6, 6.07) is 5.49. The van der Waals surface area contributed by atoms with Gasteiger partial charge in [0, 0.05) is 24.3 Å². The molecule has 134 valence electrons. The lowest BCUT2D eigenvalue weighted by atomic mass is 10.1. The number of hydrogen-bond donors (Lipinski definition) is 3. The van der Waals surface area contributed by atoms with E-state index in [1.807, 2.05) is 45.9 Å². The highest BCUT2D eigenvalue weighted by molar-refractivity contribution is 5.96. The van der Waals surface area contributed by atoms with E-state index in [1.165, 1.54) is 0 Å². The number of anilines is 1. The highest BCUT2D eigenvalue weighted by atomic mass is 16.5. The molecule has 0 aromatic heterocycles. The summed E-state index contributed by atoms with van der Waals surface area (Å²) in [4.78, 5) is 16.0. The van der Waals surface area contributed by atoms with Crippen molar-refractivity contribution >= 4 is 17.6 Å². The number of carbonyl (C=O) groups is 1. The van der Waals surface area contributed by atoms with E-state index in [9.17, 15) is 4.79 Å². The zero-order valence-electron chi connectivity index (χ0n) is 15.3. The molecule has 0 heterocycles. The summed E-state index contributed by atoms with van der Waals surface area (Å²) in [5.74, 6) is 1.70. The van der Waals surface area contributed by atoms with Crippen molar-refractivity contribution in [2.24, 2.45) is 4.99 Å². The summed E-state index contributed by atoms with van der Waals surface area (Å²) in [6.07, 6.45) is 0. The molecule has 7 heteroatoms. The number of rotatable bonds is 6. The largest absolute Gasteiger partial charge is 0.493 e. The molecule has 0 aliphatic carbocycles. The molecule has 1 aromatic carbocycles. The number of ether oxygens (including phenoxy) is 2. The van der Waals surface area contributed by atoms with Gasteiger partial charge in [-0.15, -0.1) is 0 Å². The lowest BCUT2D eigenvalue weighted by molar-refractivity contribution is -0.121. The Labute approximate surface area is 143 Å². The van der Waals surface area contributed by atoms with E-state index in [2.05, 4.69) is 20.9 Å². The molecule has 0 aliphatic heterocycles. The second-order valence-corrected chi connectivity index (χ2v) is 6.15. The van der Waals surface area contributed by atoms with Gasteiger partial charge in [-0.2, -0.15) is 0 Å². The zero-order valence-corrected chi connectivity index (χ0v) is 15.3. The highest BCUT2D eigenvalue weighted by Gasteiger charge is 2.14. The number of hydrogen-bond acceptors (Lipinski definition) is 4. The van der Waals surface area contributed by atoms with Gasteiger partial charge in [0.25, 0.3) is 0 Å². The van der Waals surface area contributed by atoms with E-state index in [-0.39, 0.29) is 18.0 Å². The molecule has 1 rings (SSSR count). The lowest BCUT2D eigenvalue weighted by Gasteiger charge is -2.21. The molecule has 3 N–H and O–H groups in total. The molecule has 0 unspecified atom stereocenters. The number of methoxy groups -OCH3 is 1. The number of carbonyl (C=O) groups excluding carboxylic acids is 1. The summed E-state index contributed by atoms with van der Waals surface area (Å²) < 4.78 is 10.8. The van der Waals surface area contributed by atoms with Crippen molar-refractivity contribution in [3.8, 4) is 11.5 Å². The van der Waals surface area contributed by atoms with Crippen molar-refractivity contribution in [1.29, 1.82) is 0 Å². The SMILES string of the molecule is CCOc1cc(NC(=NC)NCC(=O)NC(C)(C)C)ccc1OC. The van der Waals surface area contributed by atoms with E-state index in [0.717, 1.165) is 5.69 Å². The van der Waals surface area contributed by atoms with Crippen molar-refractivity contribution in [2.45, 2.75) is 33.2 Å². The van der Waals surface area contributed by atoms with Crippen molar-refractivity contribution in [2.75, 3.05) is 32.6 Å². The maximum atomic E-state index is 11.9. The van der Waals surface area contributed by atoms with Gasteiger partial charge in [0.1, 0.15) is 0 Å². The van der Waals surface area contributed by atoms with Crippen LogP contribution in [0.2, 0.25) is 0 Å². The predicted molar refractivity (Wildman–Crippen MR) is 97.0 cm³/mol. The van der Waals surface area contributed by atoms with Crippen molar-refractivity contribution in [1.82, 2.24) is 10.6 Å². The molecule has 1 amide bonds. The Bertz CT molecular complexity index is 580. The van der Waals surface area contributed by atoms with E-state index >= 15 is 0 Å². The van der Waals surface area contributed by atoms with Crippen LogP contribution in [-0.2, 0) is 4.79 Å². The number of amides is 1. The molecule has 1 aromatic rings. The summed E-state index contributed by atoms with van der Waals surface area (Å²) in [5, 5.41) is 8.98. The smallest absolute Gasteiger partial charge is 0.239 e. The zero-order chi connectivity index (χ0) is 18.2. The lowest BCUT2D eigenvalue weighted by Crippen LogP contribution is -2.46. The molecular weight excluding hydrogens is 308 g/mol. The van der Waals surface area contributed by atoms with Gasteiger partial charge < -0.3 is 25.4 Å². The Kier molecular flexibility index (Phi) is 7.35. The second-order valence-electron chi connectivity index (χ2n) is 6.15. The Morgan fingerprint density at radius 3 is 2.50 bits per heavy atom. The quantitative estimate of drug-likeness (QED) is 0.546. The molecule has 0 bridgehead atoms. The third kappa shape index (κ3) is 6.76. The fourth-order valence-corrected chi connectivity index (χ4v) is 1.97. The van der Waals surface area contributed by atoms with Crippen molar-refractivity contribution < 1.29 is 14.3 Å². The fraction of sp³-hybridized carbons (Fsp3) is 0.529. The van der Waals surface area contributed by atoms with E-state index in [1.54, 1.807) is 14.2 Å². The molecular formula is C17H28N4O3. The third-order valence-corrected chi connectivity index (χ3v) is 2.88. The Balaban J connectivity index is 2.69. The third-order valence-electron chi connectivity index (χ3n) is 2.88. The van der Waals surface area contributed by atoms with E-state index in [4.69, 9.17) is 9.47 Å². The van der Waals surface area contributed by atoms with Crippen LogP contribution < -0.4 is 25.4 Å². The minimum absolute atomic E-state index is 0.102. The number of nitrogens with one attached hydrogen (secondary N) is 3.